The van der Waals surface area contributed by atoms with Crippen molar-refractivity contribution in [2.75, 3.05) is 31.1 Å². The van der Waals surface area contributed by atoms with Crippen molar-refractivity contribution in [3.05, 3.63) is 29.3 Å². The first-order valence-electron chi connectivity index (χ1n) is 9.76. The monoisotopic (exact) mass is 392 g/mol. The first-order valence-corrected chi connectivity index (χ1v) is 9.76. The average molecular weight is 392 g/mol. The molecular formula is C21H32N2O5. The zero-order valence-electron chi connectivity index (χ0n) is 17.8. The summed E-state index contributed by atoms with van der Waals surface area (Å²) in [7, 11) is 0. The number of hydrogen-bond acceptors (Lipinski definition) is 7. The second-order valence-electron chi connectivity index (χ2n) is 8.35. The third-order valence-corrected chi connectivity index (χ3v) is 4.99. The van der Waals surface area contributed by atoms with Gasteiger partial charge in [-0.1, -0.05) is 45.4 Å². The minimum Gasteiger partial charge on any atom is -0.368 e. The highest BCUT2D eigenvalue weighted by Gasteiger charge is 2.30. The van der Waals surface area contributed by atoms with Crippen LogP contribution in [0.2, 0.25) is 0 Å². The molecule has 1 atom stereocenters. The Labute approximate surface area is 167 Å². The molecule has 28 heavy (non-hydrogen) atoms. The predicted molar refractivity (Wildman–Crippen MR) is 107 cm³/mol. The number of rotatable bonds is 6. The second kappa shape index (κ2) is 9.39. The predicted octanol–water partition coefficient (Wildman–Crippen LogP) is 3.15. The van der Waals surface area contributed by atoms with Crippen LogP contribution in [0.4, 0.5) is 5.69 Å². The second-order valence-corrected chi connectivity index (χ2v) is 8.35. The molecule has 2 rings (SSSR count). The summed E-state index contributed by atoms with van der Waals surface area (Å²) in [5.74, 6) is -1.26. The van der Waals surface area contributed by atoms with Crippen molar-refractivity contribution in [2.24, 2.45) is 0 Å². The minimum atomic E-state index is -0.680. The Morgan fingerprint density at radius 1 is 1.18 bits per heavy atom. The summed E-state index contributed by atoms with van der Waals surface area (Å²) in [6.45, 7) is 14.6. The van der Waals surface area contributed by atoms with Crippen molar-refractivity contribution in [3.63, 3.8) is 0 Å². The standard InChI is InChI=1S/C21H32N2O5/c1-7-17-13-23(19-9-8-15(2)12-18(19)21(4,5)6)11-10-22(17)14-20(25)27-28-26-16(3)24/h8-9,12,17H,7,10-11,13-14H2,1-6H3. The highest BCUT2D eigenvalue weighted by Crippen LogP contribution is 2.34. The Balaban J connectivity index is 2.05. The molecule has 1 aromatic carbocycles. The molecule has 0 amide bonds. The van der Waals surface area contributed by atoms with Crippen molar-refractivity contribution in [3.8, 4) is 0 Å². The number of carbonyl (C=O) groups excluding carboxylic acids is 2. The molecular weight excluding hydrogens is 360 g/mol. The summed E-state index contributed by atoms with van der Waals surface area (Å²) in [6.07, 6.45) is 0.908. The lowest BCUT2D eigenvalue weighted by molar-refractivity contribution is -0.458. The lowest BCUT2D eigenvalue weighted by atomic mass is 9.84. The van der Waals surface area contributed by atoms with E-state index in [1.54, 1.807) is 0 Å². The molecule has 0 saturated carbocycles. The average Bonchev–Trinajstić information content (AvgIpc) is 2.61. The highest BCUT2D eigenvalue weighted by molar-refractivity contribution is 5.71. The van der Waals surface area contributed by atoms with Crippen molar-refractivity contribution in [1.82, 2.24) is 4.90 Å². The summed E-state index contributed by atoms with van der Waals surface area (Å²) in [6, 6.07) is 6.84. The maximum absolute atomic E-state index is 11.9. The van der Waals surface area contributed by atoms with Gasteiger partial charge in [0.25, 0.3) is 0 Å². The van der Waals surface area contributed by atoms with Crippen molar-refractivity contribution in [2.45, 2.75) is 59.4 Å². The first kappa shape index (κ1) is 22.2. The van der Waals surface area contributed by atoms with Crippen LogP contribution < -0.4 is 4.90 Å². The van der Waals surface area contributed by atoms with Crippen LogP contribution in [0, 0.1) is 6.92 Å². The van der Waals surface area contributed by atoms with Gasteiger partial charge in [-0.3, -0.25) is 14.7 Å². The number of carbonyl (C=O) groups is 2. The van der Waals surface area contributed by atoms with Crippen molar-refractivity contribution >= 4 is 17.6 Å². The SMILES string of the molecule is CCC1CN(c2ccc(C)cc2C(C)(C)C)CCN1CC(=O)OOOC(C)=O. The van der Waals surface area contributed by atoms with Gasteiger partial charge in [0.15, 0.2) is 0 Å². The topological polar surface area (TPSA) is 68.3 Å². The molecule has 1 aliphatic heterocycles. The number of benzene rings is 1. The number of hydrogen-bond donors (Lipinski definition) is 0. The molecule has 1 fully saturated rings. The van der Waals surface area contributed by atoms with Crippen molar-refractivity contribution in [1.29, 1.82) is 0 Å². The fraction of sp³-hybridized carbons (Fsp3) is 0.619. The fourth-order valence-electron chi connectivity index (χ4n) is 3.53. The van der Waals surface area contributed by atoms with Crippen LogP contribution >= 0.6 is 0 Å². The summed E-state index contributed by atoms with van der Waals surface area (Å²) in [4.78, 5) is 35.8. The van der Waals surface area contributed by atoms with E-state index in [4.69, 9.17) is 0 Å². The van der Waals surface area contributed by atoms with Gasteiger partial charge < -0.3 is 4.90 Å². The molecule has 7 nitrogen and oxygen atoms in total. The highest BCUT2D eigenvalue weighted by atomic mass is 17.5. The summed E-state index contributed by atoms with van der Waals surface area (Å²) < 4.78 is 0. The molecule has 1 unspecified atom stereocenters. The maximum atomic E-state index is 11.9. The van der Waals surface area contributed by atoms with E-state index >= 15 is 0 Å². The molecule has 0 spiro atoms. The Bertz CT molecular complexity index is 699. The van der Waals surface area contributed by atoms with Crippen LogP contribution in [-0.2, 0) is 29.8 Å². The van der Waals surface area contributed by atoms with E-state index in [-0.39, 0.29) is 18.0 Å². The van der Waals surface area contributed by atoms with Gasteiger partial charge in [0.1, 0.15) is 6.54 Å². The van der Waals surface area contributed by atoms with E-state index in [2.05, 4.69) is 77.4 Å². The van der Waals surface area contributed by atoms with E-state index in [9.17, 15) is 9.59 Å². The number of anilines is 1. The molecule has 1 aromatic rings. The van der Waals surface area contributed by atoms with Gasteiger partial charge in [-0.15, -0.1) is 0 Å². The molecule has 0 aromatic heterocycles. The third-order valence-electron chi connectivity index (χ3n) is 4.99. The van der Waals surface area contributed by atoms with Crippen LogP contribution in [0.1, 0.15) is 52.2 Å². The van der Waals surface area contributed by atoms with Gasteiger partial charge >= 0.3 is 11.9 Å². The molecule has 0 radical (unpaired) electrons. The number of nitrogens with zero attached hydrogens (tertiary/aromatic N) is 2. The van der Waals surface area contributed by atoms with Gasteiger partial charge in [0.2, 0.25) is 0 Å². The molecule has 7 heteroatoms. The Hall–Kier alpha value is -2.12. The lowest BCUT2D eigenvalue weighted by Gasteiger charge is -2.43. The minimum absolute atomic E-state index is 0.0536. The fourth-order valence-corrected chi connectivity index (χ4v) is 3.53. The first-order chi connectivity index (χ1) is 13.1. The molecule has 1 aliphatic rings. The zero-order valence-corrected chi connectivity index (χ0v) is 17.8. The molecule has 0 bridgehead atoms. The van der Waals surface area contributed by atoms with E-state index in [0.29, 0.717) is 0 Å². The van der Waals surface area contributed by atoms with Gasteiger partial charge in [-0.2, -0.15) is 0 Å². The summed E-state index contributed by atoms with van der Waals surface area (Å²) >= 11 is 0. The Morgan fingerprint density at radius 2 is 1.89 bits per heavy atom. The molecule has 1 saturated heterocycles. The van der Waals surface area contributed by atoms with E-state index < -0.39 is 11.9 Å². The van der Waals surface area contributed by atoms with Gasteiger partial charge in [0, 0.05) is 43.3 Å². The van der Waals surface area contributed by atoms with Crippen LogP contribution in [-0.4, -0.2) is 49.1 Å². The van der Waals surface area contributed by atoms with E-state index in [0.717, 1.165) is 33.0 Å². The normalized spacial score (nSPS) is 18.1. The molecule has 0 N–H and O–H groups in total. The smallest absolute Gasteiger partial charge is 0.360 e. The van der Waals surface area contributed by atoms with Crippen LogP contribution in [0.15, 0.2) is 18.2 Å². The van der Waals surface area contributed by atoms with Gasteiger partial charge in [-0.05, 0) is 30.4 Å². The van der Waals surface area contributed by atoms with Crippen LogP contribution in [0.5, 0.6) is 0 Å². The van der Waals surface area contributed by atoms with Gasteiger partial charge in [0.05, 0.1) is 0 Å². The maximum Gasteiger partial charge on any atom is 0.360 e. The zero-order chi connectivity index (χ0) is 20.9. The summed E-state index contributed by atoms with van der Waals surface area (Å²) in [5, 5.41) is 4.19. The Morgan fingerprint density at radius 3 is 2.50 bits per heavy atom. The van der Waals surface area contributed by atoms with E-state index in [1.807, 2.05) is 0 Å². The molecule has 1 heterocycles. The number of aryl methyl sites for hydroxylation is 1. The van der Waals surface area contributed by atoms with Crippen LogP contribution in [0.3, 0.4) is 0 Å². The quantitative estimate of drug-likeness (QED) is 0.544. The van der Waals surface area contributed by atoms with E-state index in [1.165, 1.54) is 16.8 Å². The number of piperazine rings is 1. The summed E-state index contributed by atoms with van der Waals surface area (Å²) in [5.41, 5.74) is 3.91. The molecule has 156 valence electrons. The largest absolute Gasteiger partial charge is 0.368 e. The lowest BCUT2D eigenvalue weighted by Crippen LogP contribution is -2.54. The molecule has 0 aliphatic carbocycles. The third kappa shape index (κ3) is 5.94. The van der Waals surface area contributed by atoms with Crippen LogP contribution in [0.25, 0.3) is 0 Å². The van der Waals surface area contributed by atoms with Crippen molar-refractivity contribution < 1.29 is 24.4 Å². The van der Waals surface area contributed by atoms with Gasteiger partial charge in [-0.25, -0.2) is 9.59 Å². The Kier molecular flexibility index (Phi) is 7.43.